The lowest BCUT2D eigenvalue weighted by molar-refractivity contribution is -0.139. The summed E-state index contributed by atoms with van der Waals surface area (Å²) in [6.07, 6.45) is 5.27. The molecule has 132 valence electrons. The Morgan fingerprint density at radius 3 is 2.84 bits per heavy atom. The Labute approximate surface area is 145 Å². The molecule has 2 saturated carbocycles. The van der Waals surface area contributed by atoms with Crippen LogP contribution in [0.25, 0.3) is 0 Å². The summed E-state index contributed by atoms with van der Waals surface area (Å²) in [6.45, 7) is -0.137. The fourth-order valence-corrected chi connectivity index (χ4v) is 3.60. The van der Waals surface area contributed by atoms with E-state index < -0.39 is 5.97 Å². The van der Waals surface area contributed by atoms with Crippen molar-refractivity contribution in [1.29, 1.82) is 5.26 Å². The molecule has 2 aliphatic rings. The molecule has 3 rings (SSSR count). The van der Waals surface area contributed by atoms with Crippen LogP contribution >= 0.6 is 0 Å². The molecule has 0 radical (unpaired) electrons. The zero-order chi connectivity index (χ0) is 17.9. The van der Waals surface area contributed by atoms with Gasteiger partial charge in [0.15, 0.2) is 0 Å². The number of ether oxygens (including phenoxy) is 2. The van der Waals surface area contributed by atoms with Gasteiger partial charge in [-0.15, -0.1) is 0 Å². The van der Waals surface area contributed by atoms with Crippen LogP contribution in [0.15, 0.2) is 18.3 Å². The zero-order valence-corrected chi connectivity index (χ0v) is 13.9. The van der Waals surface area contributed by atoms with Gasteiger partial charge in [0, 0.05) is 12.2 Å². The van der Waals surface area contributed by atoms with Crippen molar-refractivity contribution in [2.75, 3.05) is 13.7 Å². The van der Waals surface area contributed by atoms with E-state index in [2.05, 4.69) is 26.4 Å². The van der Waals surface area contributed by atoms with E-state index in [1.165, 1.54) is 7.11 Å². The number of nitriles is 1. The first kappa shape index (κ1) is 17.0. The van der Waals surface area contributed by atoms with Crippen LogP contribution in [0.4, 0.5) is 4.79 Å². The number of urea groups is 1. The second kappa shape index (κ2) is 6.97. The molecule has 0 unspecified atom stereocenters. The number of rotatable bonds is 5. The summed E-state index contributed by atoms with van der Waals surface area (Å²) in [6, 6.07) is 5.23. The molecule has 1 aromatic rings. The highest BCUT2D eigenvalue weighted by Gasteiger charge is 2.54. The van der Waals surface area contributed by atoms with Crippen LogP contribution in [0.1, 0.15) is 31.2 Å². The van der Waals surface area contributed by atoms with E-state index in [0.717, 1.165) is 25.7 Å². The predicted molar refractivity (Wildman–Crippen MR) is 86.6 cm³/mol. The first-order valence-corrected chi connectivity index (χ1v) is 8.16. The number of pyridine rings is 1. The molecule has 0 atom stereocenters. The lowest BCUT2D eigenvalue weighted by Gasteiger charge is -2.57. The number of amides is 2. The Kier molecular flexibility index (Phi) is 4.74. The molecule has 2 N–H and O–H groups in total. The summed E-state index contributed by atoms with van der Waals surface area (Å²) in [7, 11) is 1.28. The number of aromatic nitrogens is 1. The Hall–Kier alpha value is -2.82. The molecule has 8 heteroatoms. The summed E-state index contributed by atoms with van der Waals surface area (Å²) in [5.74, 6) is -0.0912. The van der Waals surface area contributed by atoms with Crippen molar-refractivity contribution >= 4 is 12.0 Å². The van der Waals surface area contributed by atoms with Gasteiger partial charge in [0.1, 0.15) is 24.3 Å². The fraction of sp³-hybridized carbons (Fsp3) is 0.529. The minimum absolute atomic E-state index is 0.0658. The van der Waals surface area contributed by atoms with E-state index >= 15 is 0 Å². The first-order valence-electron chi connectivity index (χ1n) is 8.16. The molecular formula is C17H20N4O4. The number of nitrogens with zero attached hydrogens (tertiary/aromatic N) is 2. The van der Waals surface area contributed by atoms with Crippen LogP contribution in [0, 0.1) is 16.7 Å². The monoisotopic (exact) mass is 344 g/mol. The number of carbonyl (C=O) groups excluding carboxylic acids is 2. The van der Waals surface area contributed by atoms with Crippen LogP contribution in [-0.4, -0.2) is 42.8 Å². The Morgan fingerprint density at radius 2 is 2.16 bits per heavy atom. The number of methoxy groups -OCH3 is 1. The molecular weight excluding hydrogens is 324 g/mol. The van der Waals surface area contributed by atoms with Crippen LogP contribution in [-0.2, 0) is 9.53 Å². The van der Waals surface area contributed by atoms with Crippen LogP contribution in [0.3, 0.4) is 0 Å². The molecule has 2 fully saturated rings. The number of hydrogen-bond acceptors (Lipinski definition) is 6. The third-order valence-electron chi connectivity index (χ3n) is 4.81. The second-order valence-electron chi connectivity index (χ2n) is 6.62. The average Bonchev–Trinajstić information content (AvgIpc) is 2.56. The van der Waals surface area contributed by atoms with Gasteiger partial charge in [-0.2, -0.15) is 5.26 Å². The van der Waals surface area contributed by atoms with Crippen molar-refractivity contribution < 1.29 is 19.1 Å². The molecule has 2 amide bonds. The first-order chi connectivity index (χ1) is 12.0. The molecule has 8 nitrogen and oxygen atoms in total. The van der Waals surface area contributed by atoms with Gasteiger partial charge in [-0.05, 0) is 43.2 Å². The van der Waals surface area contributed by atoms with E-state index in [9.17, 15) is 9.59 Å². The third kappa shape index (κ3) is 3.82. The largest absolute Gasteiger partial charge is 0.473 e. The molecule has 0 saturated heterocycles. The smallest absolute Gasteiger partial charge is 0.325 e. The minimum atomic E-state index is -0.481. The number of carbonyl (C=O) groups is 2. The number of hydrogen-bond donors (Lipinski definition) is 2. The van der Waals surface area contributed by atoms with Crippen molar-refractivity contribution in [2.45, 2.75) is 37.8 Å². The van der Waals surface area contributed by atoms with Crippen molar-refractivity contribution in [3.8, 4) is 11.9 Å². The second-order valence-corrected chi connectivity index (χ2v) is 6.62. The zero-order valence-electron chi connectivity index (χ0n) is 13.9. The molecule has 1 spiro atoms. The van der Waals surface area contributed by atoms with Crippen molar-refractivity contribution in [2.24, 2.45) is 5.41 Å². The van der Waals surface area contributed by atoms with Crippen molar-refractivity contribution in [1.82, 2.24) is 15.6 Å². The molecule has 1 heterocycles. The molecule has 0 aliphatic heterocycles. The summed E-state index contributed by atoms with van der Waals surface area (Å²) >= 11 is 0. The highest BCUT2D eigenvalue weighted by Crippen LogP contribution is 2.56. The lowest BCUT2D eigenvalue weighted by Crippen LogP contribution is -2.60. The van der Waals surface area contributed by atoms with Crippen molar-refractivity contribution in [3.63, 3.8) is 0 Å². The van der Waals surface area contributed by atoms with Gasteiger partial charge in [-0.1, -0.05) is 0 Å². The Balaban J connectivity index is 1.38. The number of esters is 1. The number of nitrogens with one attached hydrogen (secondary N) is 2. The molecule has 0 aromatic carbocycles. The Bertz CT molecular complexity index is 701. The van der Waals surface area contributed by atoms with E-state index in [1.807, 2.05) is 0 Å². The predicted octanol–water partition coefficient (Wildman–Crippen LogP) is 1.12. The van der Waals surface area contributed by atoms with E-state index in [1.54, 1.807) is 18.3 Å². The maximum Gasteiger partial charge on any atom is 0.325 e. The van der Waals surface area contributed by atoms with Gasteiger partial charge in [0.05, 0.1) is 7.11 Å². The highest BCUT2D eigenvalue weighted by atomic mass is 16.5. The standard InChI is InChI=1S/C17H20N4O4/c1-24-14(22)10-20-16(23)21-12-5-17(6-12)7-13(8-17)25-15-11(9-18)3-2-4-19-15/h2-4,12-13H,5-8,10H2,1H3,(H2,20,21,23). The van der Waals surface area contributed by atoms with E-state index in [-0.39, 0.29) is 30.1 Å². The van der Waals surface area contributed by atoms with Gasteiger partial charge < -0.3 is 20.1 Å². The van der Waals surface area contributed by atoms with Gasteiger partial charge in [-0.25, -0.2) is 9.78 Å². The molecule has 25 heavy (non-hydrogen) atoms. The highest BCUT2D eigenvalue weighted by molar-refractivity contribution is 5.80. The quantitative estimate of drug-likeness (QED) is 0.774. The van der Waals surface area contributed by atoms with Gasteiger partial charge in [-0.3, -0.25) is 4.79 Å². The van der Waals surface area contributed by atoms with Crippen LogP contribution < -0.4 is 15.4 Å². The summed E-state index contributed by atoms with van der Waals surface area (Å²) in [4.78, 5) is 26.7. The van der Waals surface area contributed by atoms with Gasteiger partial charge >= 0.3 is 12.0 Å². The molecule has 1 aromatic heterocycles. The lowest BCUT2D eigenvalue weighted by atomic mass is 9.53. The molecule has 2 aliphatic carbocycles. The van der Waals surface area contributed by atoms with Crippen LogP contribution in [0.5, 0.6) is 5.88 Å². The van der Waals surface area contributed by atoms with Gasteiger partial charge in [0.25, 0.3) is 0 Å². The summed E-state index contributed by atoms with van der Waals surface area (Å²) in [5.41, 5.74) is 0.658. The van der Waals surface area contributed by atoms with Crippen LogP contribution in [0.2, 0.25) is 0 Å². The topological polar surface area (TPSA) is 113 Å². The minimum Gasteiger partial charge on any atom is -0.473 e. The normalized spacial score (nSPS) is 26.6. The average molecular weight is 344 g/mol. The Morgan fingerprint density at radius 1 is 1.40 bits per heavy atom. The molecule has 0 bridgehead atoms. The SMILES string of the molecule is COC(=O)CNC(=O)NC1CC2(C1)CC(Oc1ncccc1C#N)C2. The van der Waals surface area contributed by atoms with Crippen molar-refractivity contribution in [3.05, 3.63) is 23.9 Å². The third-order valence-corrected chi connectivity index (χ3v) is 4.81. The maximum absolute atomic E-state index is 11.7. The maximum atomic E-state index is 11.7. The summed E-state index contributed by atoms with van der Waals surface area (Å²) in [5, 5.41) is 14.4. The van der Waals surface area contributed by atoms with E-state index in [4.69, 9.17) is 10.00 Å². The van der Waals surface area contributed by atoms with E-state index in [0.29, 0.717) is 11.4 Å². The fourth-order valence-electron chi connectivity index (χ4n) is 3.60. The van der Waals surface area contributed by atoms with Gasteiger partial charge in [0.2, 0.25) is 5.88 Å². The summed E-state index contributed by atoms with van der Waals surface area (Å²) < 4.78 is 10.3.